The molecular formula is C29H46O7. The van der Waals surface area contributed by atoms with Crippen LogP contribution in [0.1, 0.15) is 80.6 Å². The van der Waals surface area contributed by atoms with Crippen LogP contribution in [0.2, 0.25) is 0 Å². The van der Waals surface area contributed by atoms with Crippen molar-refractivity contribution < 1.29 is 35.1 Å². The number of hydrogen-bond donors (Lipinski definition) is 5. The molecule has 3 fully saturated rings. The summed E-state index contributed by atoms with van der Waals surface area (Å²) in [5, 5.41) is 57.1. The molecule has 0 saturated heterocycles. The average molecular weight is 507 g/mol. The first-order valence-electron chi connectivity index (χ1n) is 13.8. The van der Waals surface area contributed by atoms with E-state index < -0.39 is 64.2 Å². The molecule has 36 heavy (non-hydrogen) atoms. The average Bonchev–Trinajstić information content (AvgIpc) is 2.78. The van der Waals surface area contributed by atoms with Gasteiger partial charge in [0.25, 0.3) is 0 Å². The van der Waals surface area contributed by atoms with Crippen molar-refractivity contribution in [2.24, 2.45) is 46.3 Å². The molecule has 0 aromatic carbocycles. The Balaban J connectivity index is 1.81. The lowest BCUT2D eigenvalue weighted by Crippen LogP contribution is -2.79. The van der Waals surface area contributed by atoms with Gasteiger partial charge in [-0.3, -0.25) is 9.59 Å². The second-order valence-electron chi connectivity index (χ2n) is 13.2. The van der Waals surface area contributed by atoms with Gasteiger partial charge in [-0.1, -0.05) is 33.3 Å². The molecule has 0 aromatic heterocycles. The molecule has 5 N–H and O–H groups in total. The highest BCUT2D eigenvalue weighted by molar-refractivity contribution is 6.23. The number of hydrogen-bond acceptors (Lipinski definition) is 7. The molecule has 0 aromatic rings. The van der Waals surface area contributed by atoms with Gasteiger partial charge in [0.2, 0.25) is 5.78 Å². The first-order chi connectivity index (χ1) is 16.6. The predicted octanol–water partition coefficient (Wildman–Crippen LogP) is 2.41. The summed E-state index contributed by atoms with van der Waals surface area (Å²) in [6.07, 6.45) is -0.789. The molecule has 7 heteroatoms. The van der Waals surface area contributed by atoms with Crippen molar-refractivity contribution in [3.8, 4) is 0 Å². The SMILES string of the molecule is CC(=O)C1=C(C)CC2(C)C(C)C3(C)C(C)C4CCC(CCC(C)O)C(O)C4C(O)C3C(O)C2(O)C1=O. The first kappa shape index (κ1) is 27.9. The maximum absolute atomic E-state index is 13.8. The van der Waals surface area contributed by atoms with Crippen LogP contribution in [-0.2, 0) is 9.59 Å². The number of carbonyl (C=O) groups is 2. The van der Waals surface area contributed by atoms with Crippen LogP contribution < -0.4 is 0 Å². The standard InChI is InChI=1S/C29H46O7/c1-13-12-27(6)17(5)28(7)15(3)19-11-10-18(9-8-14(2)30)23(32)21(19)24(33)22(28)26(35)29(27,36)25(34)20(13)16(4)31/h14-15,17-19,21-24,26,30,32-33,35-36H,8-12H2,1-7H3. The molecule has 13 atom stereocenters. The molecule has 0 spiro atoms. The Morgan fingerprint density at radius 1 is 1.11 bits per heavy atom. The van der Waals surface area contributed by atoms with Crippen molar-refractivity contribution >= 4 is 11.6 Å². The van der Waals surface area contributed by atoms with Gasteiger partial charge >= 0.3 is 0 Å². The molecular weight excluding hydrogens is 460 g/mol. The normalized spacial score (nSPS) is 51.8. The van der Waals surface area contributed by atoms with E-state index in [9.17, 15) is 35.1 Å². The lowest BCUT2D eigenvalue weighted by Gasteiger charge is -2.71. The van der Waals surface area contributed by atoms with Gasteiger partial charge in [-0.25, -0.2) is 0 Å². The molecule has 0 radical (unpaired) electrons. The van der Waals surface area contributed by atoms with Crippen LogP contribution in [0.15, 0.2) is 11.1 Å². The maximum Gasteiger partial charge on any atom is 0.201 e. The number of carbonyl (C=O) groups excluding carboxylic acids is 2. The predicted molar refractivity (Wildman–Crippen MR) is 135 cm³/mol. The van der Waals surface area contributed by atoms with Gasteiger partial charge in [0.05, 0.1) is 30.0 Å². The van der Waals surface area contributed by atoms with Crippen molar-refractivity contribution in [2.75, 3.05) is 0 Å². The van der Waals surface area contributed by atoms with E-state index in [1.165, 1.54) is 6.92 Å². The number of rotatable bonds is 4. The third-order valence-corrected chi connectivity index (χ3v) is 11.8. The van der Waals surface area contributed by atoms with Crippen molar-refractivity contribution in [2.45, 2.75) is 111 Å². The number of fused-ring (bicyclic) bond motifs is 3. The lowest BCUT2D eigenvalue weighted by atomic mass is 9.35. The molecule has 13 unspecified atom stereocenters. The van der Waals surface area contributed by atoms with E-state index in [-0.39, 0.29) is 29.2 Å². The van der Waals surface area contributed by atoms with E-state index in [2.05, 4.69) is 13.8 Å². The molecule has 4 aliphatic carbocycles. The zero-order chi connectivity index (χ0) is 27.1. The highest BCUT2D eigenvalue weighted by Gasteiger charge is 2.76. The molecule has 0 amide bonds. The summed E-state index contributed by atoms with van der Waals surface area (Å²) in [7, 11) is 0. The zero-order valence-corrected chi connectivity index (χ0v) is 22.9. The smallest absolute Gasteiger partial charge is 0.201 e. The minimum absolute atomic E-state index is 0.0166. The van der Waals surface area contributed by atoms with Gasteiger partial charge < -0.3 is 25.5 Å². The Morgan fingerprint density at radius 2 is 1.72 bits per heavy atom. The van der Waals surface area contributed by atoms with E-state index in [4.69, 9.17) is 0 Å². The number of aliphatic hydroxyl groups is 5. The minimum Gasteiger partial charge on any atom is -0.393 e. The topological polar surface area (TPSA) is 135 Å². The molecule has 3 saturated carbocycles. The third-order valence-electron chi connectivity index (χ3n) is 11.8. The van der Waals surface area contributed by atoms with E-state index in [0.717, 1.165) is 12.8 Å². The van der Waals surface area contributed by atoms with Crippen molar-refractivity contribution in [3.05, 3.63) is 11.1 Å². The van der Waals surface area contributed by atoms with E-state index in [1.807, 2.05) is 13.8 Å². The second-order valence-corrected chi connectivity index (χ2v) is 13.2. The summed E-state index contributed by atoms with van der Waals surface area (Å²) >= 11 is 0. The zero-order valence-electron chi connectivity index (χ0n) is 22.9. The number of ketones is 2. The van der Waals surface area contributed by atoms with Crippen LogP contribution in [0.3, 0.4) is 0 Å². The summed E-state index contributed by atoms with van der Waals surface area (Å²) < 4.78 is 0. The fraction of sp³-hybridized carbons (Fsp3) is 0.862. The summed E-state index contributed by atoms with van der Waals surface area (Å²) in [6.45, 7) is 12.8. The maximum atomic E-state index is 13.8. The van der Waals surface area contributed by atoms with Gasteiger partial charge in [0, 0.05) is 17.3 Å². The van der Waals surface area contributed by atoms with Crippen molar-refractivity contribution in [3.63, 3.8) is 0 Å². The van der Waals surface area contributed by atoms with Gasteiger partial charge in [-0.05, 0) is 82.0 Å². The second kappa shape index (κ2) is 8.98. The summed E-state index contributed by atoms with van der Waals surface area (Å²) in [6, 6.07) is 0. The van der Waals surface area contributed by atoms with Crippen LogP contribution in [0.4, 0.5) is 0 Å². The molecule has 7 nitrogen and oxygen atoms in total. The molecule has 0 aliphatic heterocycles. The Labute approximate surface area is 215 Å². The van der Waals surface area contributed by atoms with Crippen LogP contribution in [0.25, 0.3) is 0 Å². The van der Waals surface area contributed by atoms with Gasteiger partial charge in [0.15, 0.2) is 11.4 Å². The Bertz CT molecular complexity index is 957. The fourth-order valence-corrected chi connectivity index (χ4v) is 9.51. The Morgan fingerprint density at radius 3 is 2.28 bits per heavy atom. The number of Topliss-reactive ketones (excluding diaryl/α,β-unsaturated/α-hetero) is 2. The van der Waals surface area contributed by atoms with Crippen LogP contribution in [0, 0.1) is 46.3 Å². The monoisotopic (exact) mass is 506 g/mol. The van der Waals surface area contributed by atoms with Crippen molar-refractivity contribution in [1.29, 1.82) is 0 Å². The van der Waals surface area contributed by atoms with Gasteiger partial charge in [-0.2, -0.15) is 0 Å². The molecule has 204 valence electrons. The summed E-state index contributed by atoms with van der Waals surface area (Å²) in [4.78, 5) is 26.2. The minimum atomic E-state index is -2.21. The molecule has 0 bridgehead atoms. The van der Waals surface area contributed by atoms with Gasteiger partial charge in [-0.15, -0.1) is 0 Å². The number of aliphatic hydroxyl groups excluding tert-OH is 4. The Kier molecular flexibility index (Phi) is 6.96. The molecule has 4 rings (SSSR count). The number of allylic oxidation sites excluding steroid dienone is 1. The van der Waals surface area contributed by atoms with Crippen LogP contribution in [0.5, 0.6) is 0 Å². The quantitative estimate of drug-likeness (QED) is 0.370. The van der Waals surface area contributed by atoms with Crippen LogP contribution >= 0.6 is 0 Å². The lowest BCUT2D eigenvalue weighted by molar-refractivity contribution is -0.307. The molecule has 4 aliphatic rings. The Hall–Kier alpha value is -1.12. The third kappa shape index (κ3) is 3.42. The van der Waals surface area contributed by atoms with E-state index in [0.29, 0.717) is 24.8 Å². The largest absolute Gasteiger partial charge is 0.393 e. The fourth-order valence-electron chi connectivity index (χ4n) is 9.51. The highest BCUT2D eigenvalue weighted by atomic mass is 16.4. The van der Waals surface area contributed by atoms with E-state index >= 15 is 0 Å². The summed E-state index contributed by atoms with van der Waals surface area (Å²) in [5.41, 5.74) is -3.25. The first-order valence-corrected chi connectivity index (χ1v) is 13.8. The molecule has 0 heterocycles. The summed E-state index contributed by atoms with van der Waals surface area (Å²) in [5.74, 6) is -2.79. The van der Waals surface area contributed by atoms with E-state index in [1.54, 1.807) is 13.8 Å². The van der Waals surface area contributed by atoms with Crippen LogP contribution in [-0.4, -0.2) is 67.1 Å². The van der Waals surface area contributed by atoms with Crippen molar-refractivity contribution in [1.82, 2.24) is 0 Å². The van der Waals surface area contributed by atoms with Gasteiger partial charge in [0.1, 0.15) is 0 Å². The highest BCUT2D eigenvalue weighted by Crippen LogP contribution is 2.70.